The number of thiophene rings is 1. The molecule has 1 aromatic heterocycles. The van der Waals surface area contributed by atoms with Crippen molar-refractivity contribution >= 4 is 44.4 Å². The molecule has 5 rings (SSSR count). The number of ether oxygens (including phenoxy) is 2. The van der Waals surface area contributed by atoms with E-state index in [9.17, 15) is 4.79 Å². The number of methoxy groups -OCH3 is 2. The Bertz CT molecular complexity index is 1210. The summed E-state index contributed by atoms with van der Waals surface area (Å²) in [6.45, 7) is 0. The summed E-state index contributed by atoms with van der Waals surface area (Å²) >= 11 is 5.32. The number of hydrogen-bond acceptors (Lipinski definition) is 6. The summed E-state index contributed by atoms with van der Waals surface area (Å²) in [5.41, 5.74) is 4.63. The topological polar surface area (TPSA) is 59.6 Å². The zero-order valence-corrected chi connectivity index (χ0v) is 20.2. The maximum Gasteiger partial charge on any atom is 0.174 e. The van der Waals surface area contributed by atoms with Crippen LogP contribution in [-0.2, 0) is 4.79 Å². The molecule has 0 fully saturated rings. The van der Waals surface area contributed by atoms with Gasteiger partial charge in [0.2, 0.25) is 0 Å². The van der Waals surface area contributed by atoms with Crippen LogP contribution in [0.3, 0.4) is 0 Å². The van der Waals surface area contributed by atoms with Crippen LogP contribution in [0.25, 0.3) is 0 Å². The molecule has 2 aliphatic rings. The summed E-state index contributed by atoms with van der Waals surface area (Å²) < 4.78 is 11.9. The van der Waals surface area contributed by atoms with E-state index in [0.717, 1.165) is 39.1 Å². The third-order valence-electron chi connectivity index (χ3n) is 6.04. The molecule has 5 nitrogen and oxygen atoms in total. The largest absolute Gasteiger partial charge is 0.493 e. The lowest BCUT2D eigenvalue weighted by molar-refractivity contribution is -0.116. The molecule has 0 spiro atoms. The molecule has 32 heavy (non-hydrogen) atoms. The van der Waals surface area contributed by atoms with Gasteiger partial charge in [-0.25, -0.2) is 0 Å². The van der Waals surface area contributed by atoms with E-state index < -0.39 is 0 Å². The highest BCUT2D eigenvalue weighted by Crippen LogP contribution is 2.47. The normalized spacial score (nSPS) is 19.9. The Morgan fingerprint density at radius 3 is 2.56 bits per heavy atom. The molecule has 0 amide bonds. The monoisotopic (exact) mass is 510 g/mol. The number of carbonyl (C=O) groups is 1. The second-order valence-electron chi connectivity index (χ2n) is 7.92. The van der Waals surface area contributed by atoms with Gasteiger partial charge in [0, 0.05) is 28.5 Å². The minimum atomic E-state index is -0.311. The molecule has 164 valence electrons. The molecule has 3 aromatic rings. The number of anilines is 2. The van der Waals surface area contributed by atoms with Gasteiger partial charge in [0.1, 0.15) is 0 Å². The van der Waals surface area contributed by atoms with Crippen molar-refractivity contribution in [1.82, 2.24) is 0 Å². The van der Waals surface area contributed by atoms with Crippen LogP contribution in [0, 0.1) is 0 Å². The molecule has 0 saturated heterocycles. The Hall–Kier alpha value is -2.77. The summed E-state index contributed by atoms with van der Waals surface area (Å²) in [6.07, 6.45) is 1.30. The van der Waals surface area contributed by atoms with Gasteiger partial charge in [0.05, 0.1) is 36.1 Å². The fraction of sp³-hybridized carbons (Fsp3) is 0.240. The third-order valence-corrected chi connectivity index (χ3v) is 7.67. The van der Waals surface area contributed by atoms with E-state index in [-0.39, 0.29) is 17.7 Å². The van der Waals surface area contributed by atoms with E-state index in [0.29, 0.717) is 17.9 Å². The molecular formula is C25H23BrN2O3S. The van der Waals surface area contributed by atoms with Crippen LogP contribution in [0.5, 0.6) is 11.5 Å². The third kappa shape index (κ3) is 3.69. The number of benzene rings is 2. The van der Waals surface area contributed by atoms with Gasteiger partial charge in [-0.2, -0.15) is 0 Å². The lowest BCUT2D eigenvalue weighted by Gasteiger charge is -2.29. The Kier molecular flexibility index (Phi) is 5.69. The minimum Gasteiger partial charge on any atom is -0.493 e. The number of nitrogens with one attached hydrogen (secondary N) is 2. The van der Waals surface area contributed by atoms with Crippen molar-refractivity contribution in [3.63, 3.8) is 0 Å². The van der Waals surface area contributed by atoms with E-state index in [4.69, 9.17) is 9.47 Å². The van der Waals surface area contributed by atoms with Crippen LogP contribution >= 0.6 is 27.3 Å². The maximum absolute atomic E-state index is 13.6. The van der Waals surface area contributed by atoms with Crippen molar-refractivity contribution in [2.45, 2.75) is 24.8 Å². The van der Waals surface area contributed by atoms with Gasteiger partial charge in [-0.3, -0.25) is 4.79 Å². The van der Waals surface area contributed by atoms with Gasteiger partial charge in [-0.05, 0) is 63.6 Å². The minimum absolute atomic E-state index is 0.161. The van der Waals surface area contributed by atoms with E-state index in [2.05, 4.69) is 44.1 Å². The fourth-order valence-corrected chi connectivity index (χ4v) is 6.02. The molecule has 0 saturated carbocycles. The van der Waals surface area contributed by atoms with Gasteiger partial charge in [-0.1, -0.05) is 18.2 Å². The van der Waals surface area contributed by atoms with Crippen LogP contribution in [0.2, 0.25) is 0 Å². The number of Topliss-reactive ketones (excluding diaryl/α,β-unsaturated/α-hetero) is 1. The summed E-state index contributed by atoms with van der Waals surface area (Å²) in [5, 5.41) is 9.27. The molecule has 0 radical (unpaired) electrons. The average Bonchev–Trinajstić information content (AvgIpc) is 3.27. The first kappa shape index (κ1) is 21.1. The number of carbonyl (C=O) groups excluding carboxylic acids is 1. The molecular weight excluding hydrogens is 488 g/mol. The first-order chi connectivity index (χ1) is 15.6. The van der Waals surface area contributed by atoms with Gasteiger partial charge in [0.25, 0.3) is 0 Å². The lowest BCUT2D eigenvalue weighted by Crippen LogP contribution is -2.26. The first-order valence-electron chi connectivity index (χ1n) is 10.4. The van der Waals surface area contributed by atoms with Crippen molar-refractivity contribution in [1.29, 1.82) is 0 Å². The maximum atomic E-state index is 13.6. The molecule has 7 heteroatoms. The number of para-hydroxylation sites is 2. The molecule has 2 N–H and O–H groups in total. The Balaban J connectivity index is 1.65. The second-order valence-corrected chi connectivity index (χ2v) is 9.76. The van der Waals surface area contributed by atoms with Gasteiger partial charge >= 0.3 is 0 Å². The standard InChI is InChI=1S/C25H23BrN2O3S/c1-30-21-13-15(10-16(26)25(21)31-2)24-23-19(27-17-6-3-4-7-18(17)28-24)11-14(12-20(23)29)22-8-5-9-32-22/h3-10,13-14,24,27-28H,11-12H2,1-2H3. The van der Waals surface area contributed by atoms with Crippen molar-refractivity contribution < 1.29 is 14.3 Å². The molecule has 2 aromatic carbocycles. The Morgan fingerprint density at radius 2 is 1.84 bits per heavy atom. The van der Waals surface area contributed by atoms with Crippen molar-refractivity contribution in [3.8, 4) is 11.5 Å². The Labute approximate surface area is 199 Å². The number of halogens is 1. The number of ketones is 1. The highest BCUT2D eigenvalue weighted by Gasteiger charge is 2.36. The summed E-state index contributed by atoms with van der Waals surface area (Å²) in [7, 11) is 3.23. The molecule has 1 aliphatic heterocycles. The molecule has 2 atom stereocenters. The van der Waals surface area contributed by atoms with E-state index in [1.807, 2.05) is 36.4 Å². The van der Waals surface area contributed by atoms with Gasteiger partial charge in [-0.15, -0.1) is 11.3 Å². The van der Waals surface area contributed by atoms with E-state index in [1.54, 1.807) is 25.6 Å². The molecule has 0 bridgehead atoms. The van der Waals surface area contributed by atoms with Crippen LogP contribution in [0.4, 0.5) is 11.4 Å². The fourth-order valence-electron chi connectivity index (χ4n) is 4.57. The van der Waals surface area contributed by atoms with Crippen molar-refractivity contribution in [3.05, 3.63) is 80.1 Å². The average molecular weight is 511 g/mol. The highest BCUT2D eigenvalue weighted by atomic mass is 79.9. The SMILES string of the molecule is COc1cc(C2Nc3ccccc3NC3=C2C(=O)CC(c2cccs2)C3)cc(Br)c1OC. The van der Waals surface area contributed by atoms with Crippen LogP contribution in [0.15, 0.2) is 69.7 Å². The molecule has 2 unspecified atom stereocenters. The van der Waals surface area contributed by atoms with Crippen LogP contribution in [0.1, 0.15) is 35.2 Å². The predicted molar refractivity (Wildman–Crippen MR) is 132 cm³/mol. The first-order valence-corrected chi connectivity index (χ1v) is 12.1. The highest BCUT2D eigenvalue weighted by molar-refractivity contribution is 9.10. The zero-order valence-electron chi connectivity index (χ0n) is 17.8. The number of rotatable bonds is 4. The smallest absolute Gasteiger partial charge is 0.174 e. The summed E-state index contributed by atoms with van der Waals surface area (Å²) in [6, 6.07) is 15.9. The lowest BCUT2D eigenvalue weighted by atomic mass is 9.80. The summed E-state index contributed by atoms with van der Waals surface area (Å²) in [4.78, 5) is 14.8. The molecule has 1 aliphatic carbocycles. The van der Waals surface area contributed by atoms with Crippen molar-refractivity contribution in [2.75, 3.05) is 24.9 Å². The predicted octanol–water partition coefficient (Wildman–Crippen LogP) is 6.51. The van der Waals surface area contributed by atoms with E-state index in [1.165, 1.54) is 4.88 Å². The van der Waals surface area contributed by atoms with Crippen LogP contribution < -0.4 is 20.1 Å². The number of allylic oxidation sites excluding steroid dienone is 1. The summed E-state index contributed by atoms with van der Waals surface area (Å²) in [5.74, 6) is 1.60. The van der Waals surface area contributed by atoms with E-state index >= 15 is 0 Å². The molecule has 2 heterocycles. The van der Waals surface area contributed by atoms with Crippen LogP contribution in [-0.4, -0.2) is 20.0 Å². The van der Waals surface area contributed by atoms with Gasteiger partial charge < -0.3 is 20.1 Å². The zero-order chi connectivity index (χ0) is 22.2. The Morgan fingerprint density at radius 1 is 1.03 bits per heavy atom. The van der Waals surface area contributed by atoms with Crippen molar-refractivity contribution in [2.24, 2.45) is 0 Å². The van der Waals surface area contributed by atoms with Gasteiger partial charge in [0.15, 0.2) is 17.3 Å². The number of hydrogen-bond donors (Lipinski definition) is 2. The quantitative estimate of drug-likeness (QED) is 0.419. The number of fused-ring (bicyclic) bond motifs is 1. The second kappa shape index (κ2) is 8.64.